The van der Waals surface area contributed by atoms with Crippen LogP contribution in [0.4, 0.5) is 5.69 Å². The first-order chi connectivity index (χ1) is 10.1. The second kappa shape index (κ2) is 6.93. The van der Waals surface area contributed by atoms with Crippen molar-refractivity contribution in [2.24, 2.45) is 0 Å². The van der Waals surface area contributed by atoms with Crippen LogP contribution in [0, 0.1) is 0 Å². The van der Waals surface area contributed by atoms with Crippen LogP contribution in [0.3, 0.4) is 0 Å². The van der Waals surface area contributed by atoms with Crippen molar-refractivity contribution in [3.63, 3.8) is 0 Å². The van der Waals surface area contributed by atoms with Gasteiger partial charge in [0.2, 0.25) is 5.91 Å². The molecule has 1 amide bonds. The van der Waals surface area contributed by atoms with Crippen LogP contribution in [0.25, 0.3) is 0 Å². The highest BCUT2D eigenvalue weighted by atomic mass is 16.1. The van der Waals surface area contributed by atoms with E-state index in [1.165, 1.54) is 0 Å². The Morgan fingerprint density at radius 3 is 2.24 bits per heavy atom. The maximum absolute atomic E-state index is 12.1. The summed E-state index contributed by atoms with van der Waals surface area (Å²) in [5.41, 5.74) is 8.67. The van der Waals surface area contributed by atoms with Crippen LogP contribution >= 0.6 is 0 Å². The van der Waals surface area contributed by atoms with Crippen LogP contribution < -0.4 is 11.1 Å². The van der Waals surface area contributed by atoms with Crippen molar-refractivity contribution in [1.29, 1.82) is 0 Å². The minimum absolute atomic E-state index is 0.0253. The summed E-state index contributed by atoms with van der Waals surface area (Å²) in [7, 11) is 0. The third-order valence-electron chi connectivity index (χ3n) is 3.67. The van der Waals surface area contributed by atoms with E-state index in [2.05, 4.69) is 12.2 Å². The molecule has 0 aliphatic carbocycles. The van der Waals surface area contributed by atoms with E-state index in [1.807, 2.05) is 61.5 Å². The van der Waals surface area contributed by atoms with Crippen molar-refractivity contribution in [2.45, 2.75) is 32.2 Å². The van der Waals surface area contributed by atoms with Gasteiger partial charge in [-0.1, -0.05) is 49.4 Å². The van der Waals surface area contributed by atoms with Crippen molar-refractivity contribution < 1.29 is 4.79 Å². The normalized spacial score (nSPS) is 13.4. The predicted octanol–water partition coefficient (Wildman–Crippen LogP) is 3.64. The van der Waals surface area contributed by atoms with Gasteiger partial charge in [-0.2, -0.15) is 0 Å². The number of rotatable bonds is 5. The van der Waals surface area contributed by atoms with E-state index in [4.69, 9.17) is 5.73 Å². The summed E-state index contributed by atoms with van der Waals surface area (Å²) >= 11 is 0. The van der Waals surface area contributed by atoms with E-state index in [0.29, 0.717) is 6.42 Å². The number of anilines is 1. The molecule has 2 aromatic carbocycles. The van der Waals surface area contributed by atoms with Gasteiger partial charge < -0.3 is 11.1 Å². The number of hydrogen-bond acceptors (Lipinski definition) is 2. The highest BCUT2D eigenvalue weighted by Crippen LogP contribution is 2.21. The van der Waals surface area contributed by atoms with E-state index in [1.54, 1.807) is 0 Å². The maximum Gasteiger partial charge on any atom is 0.221 e. The van der Waals surface area contributed by atoms with Crippen molar-refractivity contribution in [3.05, 3.63) is 65.7 Å². The average molecular weight is 282 g/mol. The van der Waals surface area contributed by atoms with Crippen LogP contribution in [-0.2, 0) is 4.79 Å². The number of nitrogens with two attached hydrogens (primary N) is 1. The number of carbonyl (C=O) groups is 1. The van der Waals surface area contributed by atoms with E-state index >= 15 is 0 Å². The molecular formula is C18H22N2O. The lowest BCUT2D eigenvalue weighted by Gasteiger charge is -2.17. The molecule has 1 unspecified atom stereocenters. The molecule has 2 rings (SSSR count). The fourth-order valence-electron chi connectivity index (χ4n) is 2.35. The molecule has 0 aliphatic heterocycles. The fraction of sp³-hybridized carbons (Fsp3) is 0.278. The van der Waals surface area contributed by atoms with E-state index in [0.717, 1.165) is 16.8 Å². The van der Waals surface area contributed by atoms with Gasteiger partial charge in [-0.05, 0) is 36.1 Å². The zero-order valence-corrected chi connectivity index (χ0v) is 12.5. The lowest BCUT2D eigenvalue weighted by Crippen LogP contribution is -2.27. The minimum atomic E-state index is 0.0253. The summed E-state index contributed by atoms with van der Waals surface area (Å²) in [6.07, 6.45) is 0.473. The molecule has 3 heteroatoms. The summed E-state index contributed by atoms with van der Waals surface area (Å²) in [5, 5.41) is 3.04. The smallest absolute Gasteiger partial charge is 0.221 e. The van der Waals surface area contributed by atoms with E-state index < -0.39 is 0 Å². The third-order valence-corrected chi connectivity index (χ3v) is 3.67. The summed E-state index contributed by atoms with van der Waals surface area (Å²) in [6.45, 7) is 4.05. The molecule has 0 saturated heterocycles. The second-order valence-electron chi connectivity index (χ2n) is 5.47. The zero-order valence-electron chi connectivity index (χ0n) is 12.5. The maximum atomic E-state index is 12.1. The van der Waals surface area contributed by atoms with Gasteiger partial charge in [-0.3, -0.25) is 4.79 Å². The molecule has 0 aliphatic rings. The average Bonchev–Trinajstić information content (AvgIpc) is 2.48. The molecule has 21 heavy (non-hydrogen) atoms. The quantitative estimate of drug-likeness (QED) is 0.823. The molecule has 0 fully saturated rings. The fourth-order valence-corrected chi connectivity index (χ4v) is 2.35. The number of benzene rings is 2. The number of amides is 1. The van der Waals surface area contributed by atoms with Gasteiger partial charge in [0.05, 0.1) is 6.04 Å². The molecule has 0 aromatic heterocycles. The molecule has 0 radical (unpaired) electrons. The number of nitrogens with one attached hydrogen (secondary N) is 1. The molecule has 110 valence electrons. The van der Waals surface area contributed by atoms with Crippen molar-refractivity contribution in [2.75, 3.05) is 5.73 Å². The second-order valence-corrected chi connectivity index (χ2v) is 5.47. The van der Waals surface area contributed by atoms with Gasteiger partial charge in [0.15, 0.2) is 0 Å². The molecular weight excluding hydrogens is 260 g/mol. The number of carbonyl (C=O) groups excluding carboxylic acids is 1. The summed E-state index contributed by atoms with van der Waals surface area (Å²) in [5.74, 6) is 0.240. The Morgan fingerprint density at radius 1 is 1.00 bits per heavy atom. The SMILES string of the molecule is CC(CC(=O)N[C@@H](C)c1ccccc1)c1ccc(N)cc1. The molecule has 0 saturated carbocycles. The molecule has 2 aromatic rings. The standard InChI is InChI=1S/C18H22N2O/c1-13(15-8-10-17(19)11-9-15)12-18(21)20-14(2)16-6-4-3-5-7-16/h3-11,13-14H,12,19H2,1-2H3,(H,20,21)/t13?,14-/m0/s1. The Kier molecular flexibility index (Phi) is 4.99. The van der Waals surface area contributed by atoms with Crippen molar-refractivity contribution >= 4 is 11.6 Å². The molecule has 2 atom stereocenters. The summed E-state index contributed by atoms with van der Waals surface area (Å²) in [4.78, 5) is 12.1. The summed E-state index contributed by atoms with van der Waals surface area (Å²) < 4.78 is 0. The molecule has 3 nitrogen and oxygen atoms in total. The Balaban J connectivity index is 1.91. The van der Waals surface area contributed by atoms with Gasteiger partial charge in [0.25, 0.3) is 0 Å². The Labute approximate surface area is 126 Å². The van der Waals surface area contributed by atoms with Crippen molar-refractivity contribution in [3.8, 4) is 0 Å². The van der Waals surface area contributed by atoms with Gasteiger partial charge in [-0.25, -0.2) is 0 Å². The minimum Gasteiger partial charge on any atom is -0.399 e. The first-order valence-electron chi connectivity index (χ1n) is 7.26. The van der Waals surface area contributed by atoms with Crippen LogP contribution in [-0.4, -0.2) is 5.91 Å². The Morgan fingerprint density at radius 2 is 1.62 bits per heavy atom. The highest BCUT2D eigenvalue weighted by molar-refractivity contribution is 5.77. The summed E-state index contributed by atoms with van der Waals surface area (Å²) in [6, 6.07) is 17.7. The number of hydrogen-bond donors (Lipinski definition) is 2. The van der Waals surface area contributed by atoms with Gasteiger partial charge in [0.1, 0.15) is 0 Å². The number of nitrogen functional groups attached to an aromatic ring is 1. The first-order valence-corrected chi connectivity index (χ1v) is 7.26. The van der Waals surface area contributed by atoms with Crippen LogP contribution in [0.5, 0.6) is 0 Å². The topological polar surface area (TPSA) is 55.1 Å². The van der Waals surface area contributed by atoms with Crippen molar-refractivity contribution in [1.82, 2.24) is 5.32 Å². The molecule has 0 heterocycles. The lowest BCUT2D eigenvalue weighted by atomic mass is 9.97. The monoisotopic (exact) mass is 282 g/mol. The first kappa shape index (κ1) is 15.1. The Bertz CT molecular complexity index is 578. The van der Waals surface area contributed by atoms with Gasteiger partial charge in [0, 0.05) is 12.1 Å². The molecule has 0 bridgehead atoms. The van der Waals surface area contributed by atoms with Crippen LogP contribution in [0.1, 0.15) is 43.4 Å². The third kappa shape index (κ3) is 4.35. The van der Waals surface area contributed by atoms with Crippen LogP contribution in [0.15, 0.2) is 54.6 Å². The van der Waals surface area contributed by atoms with E-state index in [-0.39, 0.29) is 17.9 Å². The van der Waals surface area contributed by atoms with Gasteiger partial charge in [-0.15, -0.1) is 0 Å². The van der Waals surface area contributed by atoms with Crippen LogP contribution in [0.2, 0.25) is 0 Å². The van der Waals surface area contributed by atoms with E-state index in [9.17, 15) is 4.79 Å². The van der Waals surface area contributed by atoms with Gasteiger partial charge >= 0.3 is 0 Å². The molecule has 3 N–H and O–H groups in total. The lowest BCUT2D eigenvalue weighted by molar-refractivity contribution is -0.122. The highest BCUT2D eigenvalue weighted by Gasteiger charge is 2.14. The Hall–Kier alpha value is -2.29. The molecule has 0 spiro atoms. The zero-order chi connectivity index (χ0) is 15.2. The largest absolute Gasteiger partial charge is 0.399 e. The predicted molar refractivity (Wildman–Crippen MR) is 86.9 cm³/mol.